The summed E-state index contributed by atoms with van der Waals surface area (Å²) in [5.41, 5.74) is 6.56. The highest BCUT2D eigenvalue weighted by atomic mass is 35.5. The number of nitrogens with zero attached hydrogens (tertiary/aromatic N) is 1. The molecular formula is C26H34ClN3O3. The van der Waals surface area contributed by atoms with E-state index in [1.807, 2.05) is 38.2 Å². The second-order valence-electron chi connectivity index (χ2n) is 8.35. The lowest BCUT2D eigenvalue weighted by atomic mass is 9.80. The van der Waals surface area contributed by atoms with Gasteiger partial charge in [0.05, 0.1) is 36.0 Å². The van der Waals surface area contributed by atoms with Gasteiger partial charge in [-0.1, -0.05) is 6.42 Å². The van der Waals surface area contributed by atoms with E-state index in [1.54, 1.807) is 0 Å². The number of carbonyl (C=O) groups excluding carboxylic acids is 1. The molecule has 2 aromatic rings. The highest BCUT2D eigenvalue weighted by Crippen LogP contribution is 2.37. The number of H-pyrrole nitrogens is 2. The minimum Gasteiger partial charge on any atom is -0.492 e. The zero-order valence-electron chi connectivity index (χ0n) is 19.5. The molecule has 3 heterocycles. The minimum atomic E-state index is -0.0848. The van der Waals surface area contributed by atoms with Gasteiger partial charge in [0.15, 0.2) is 0 Å². The van der Waals surface area contributed by atoms with Gasteiger partial charge in [0, 0.05) is 24.4 Å². The lowest BCUT2D eigenvalue weighted by Crippen LogP contribution is -2.17. The van der Waals surface area contributed by atoms with E-state index in [4.69, 9.17) is 14.5 Å². The molecule has 33 heavy (non-hydrogen) atoms. The van der Waals surface area contributed by atoms with Gasteiger partial charge in [0.2, 0.25) is 0 Å². The van der Waals surface area contributed by atoms with Crippen LogP contribution >= 0.6 is 12.4 Å². The molecule has 1 aliphatic heterocycles. The van der Waals surface area contributed by atoms with Crippen LogP contribution in [0.3, 0.4) is 0 Å². The van der Waals surface area contributed by atoms with Gasteiger partial charge in [-0.05, 0) is 81.7 Å². The number of hydrogen-bond donors (Lipinski definition) is 2. The number of carbonyl (C=O) groups is 1. The van der Waals surface area contributed by atoms with Gasteiger partial charge in [-0.25, -0.2) is 0 Å². The van der Waals surface area contributed by atoms with E-state index in [2.05, 4.69) is 22.1 Å². The first-order chi connectivity index (χ1) is 15.7. The van der Waals surface area contributed by atoms with Crippen molar-refractivity contribution in [2.75, 3.05) is 13.2 Å². The lowest BCUT2D eigenvalue weighted by molar-refractivity contribution is -0.143. The summed E-state index contributed by atoms with van der Waals surface area (Å²) >= 11 is 0. The predicted molar refractivity (Wildman–Crippen MR) is 135 cm³/mol. The van der Waals surface area contributed by atoms with Crippen LogP contribution in [0, 0.1) is 5.92 Å². The van der Waals surface area contributed by atoms with Crippen LogP contribution in [0.1, 0.15) is 64.5 Å². The van der Waals surface area contributed by atoms with Crippen molar-refractivity contribution in [3.8, 4) is 17.1 Å². The number of ether oxygens (including phenoxy) is 2. The molecule has 0 aromatic carbocycles. The zero-order chi connectivity index (χ0) is 22.3. The lowest BCUT2D eigenvalue weighted by Gasteiger charge is -2.24. The van der Waals surface area contributed by atoms with Crippen LogP contribution in [0.5, 0.6) is 5.75 Å². The van der Waals surface area contributed by atoms with Gasteiger partial charge >= 0.3 is 5.97 Å². The van der Waals surface area contributed by atoms with Gasteiger partial charge in [0.25, 0.3) is 0 Å². The fourth-order valence-electron chi connectivity index (χ4n) is 4.61. The Hall–Kier alpha value is -2.73. The summed E-state index contributed by atoms with van der Waals surface area (Å²) in [6, 6.07) is 6.06. The Morgan fingerprint density at radius 1 is 1.24 bits per heavy atom. The quantitative estimate of drug-likeness (QED) is 0.307. The highest BCUT2D eigenvalue weighted by molar-refractivity contribution is 6.05. The van der Waals surface area contributed by atoms with Gasteiger partial charge in [-0.2, -0.15) is 0 Å². The fraction of sp³-hybridized carbons (Fsp3) is 0.462. The van der Waals surface area contributed by atoms with E-state index in [0.29, 0.717) is 25.6 Å². The van der Waals surface area contributed by atoms with E-state index < -0.39 is 0 Å². The molecule has 1 fully saturated rings. The molecule has 4 rings (SSSR count). The van der Waals surface area contributed by atoms with Crippen LogP contribution in [0.2, 0.25) is 0 Å². The van der Waals surface area contributed by atoms with E-state index in [0.717, 1.165) is 54.2 Å². The number of aliphatic imine (C=N–C) groups is 1. The normalized spacial score (nSPS) is 18.4. The molecule has 7 heteroatoms. The molecule has 1 aliphatic carbocycles. The van der Waals surface area contributed by atoms with E-state index in [1.165, 1.54) is 24.1 Å². The summed E-state index contributed by atoms with van der Waals surface area (Å²) < 4.78 is 10.9. The number of halogens is 1. The molecule has 2 aliphatic rings. The Morgan fingerprint density at radius 3 is 2.88 bits per heavy atom. The number of nitrogens with one attached hydrogen (secondary N) is 2. The molecule has 2 aromatic heterocycles. The Morgan fingerprint density at radius 2 is 2.12 bits per heavy atom. The summed E-state index contributed by atoms with van der Waals surface area (Å²) in [7, 11) is 0. The third-order valence-electron chi connectivity index (χ3n) is 6.09. The number of esters is 1. The molecule has 0 amide bonds. The maximum absolute atomic E-state index is 11.6. The van der Waals surface area contributed by atoms with Crippen molar-refractivity contribution < 1.29 is 14.3 Å². The van der Waals surface area contributed by atoms with Crippen molar-refractivity contribution in [3.05, 3.63) is 47.4 Å². The summed E-state index contributed by atoms with van der Waals surface area (Å²) in [6.45, 7) is 4.92. The molecule has 0 radical (unpaired) electrons. The van der Waals surface area contributed by atoms with Crippen molar-refractivity contribution in [3.63, 3.8) is 0 Å². The molecule has 1 saturated carbocycles. The Kier molecular flexibility index (Phi) is 9.01. The van der Waals surface area contributed by atoms with Gasteiger partial charge in [0.1, 0.15) is 5.75 Å². The maximum Gasteiger partial charge on any atom is 0.305 e. The van der Waals surface area contributed by atoms with Crippen molar-refractivity contribution in [2.45, 2.75) is 58.8 Å². The molecule has 0 saturated heterocycles. The standard InChI is InChI=1S/C26H33N3O3.ClH/c1-3-31-25-17-23(22-12-8-14-27-22)29-24(25)16-19-15-20-18(10-7-11-21(20)28-19)9-5-6-13-26(30)32-4-2;/h8,12,14-18,27,29H,3-7,9-11,13H2,1-2H3;1H. The second-order valence-corrected chi connectivity index (χ2v) is 8.35. The maximum atomic E-state index is 11.6. The Bertz CT molecular complexity index is 1020. The number of aromatic nitrogens is 2. The minimum absolute atomic E-state index is 0. The van der Waals surface area contributed by atoms with Crippen molar-refractivity contribution in [1.29, 1.82) is 0 Å². The monoisotopic (exact) mass is 471 g/mol. The summed E-state index contributed by atoms with van der Waals surface area (Å²) in [5, 5.41) is 0. The molecule has 1 atom stereocenters. The van der Waals surface area contributed by atoms with Gasteiger partial charge in [-0.3, -0.25) is 9.79 Å². The third-order valence-corrected chi connectivity index (χ3v) is 6.09. The topological polar surface area (TPSA) is 79.5 Å². The number of fused-ring (bicyclic) bond motifs is 1. The highest BCUT2D eigenvalue weighted by Gasteiger charge is 2.27. The SMILES string of the molecule is CCOC(=O)CCCCC1CCCC2=NC(=Cc3[nH]c(-c4ccc[nH]4)cc3OCC)C=C21.Cl. The van der Waals surface area contributed by atoms with E-state index >= 15 is 0 Å². The first-order valence-corrected chi connectivity index (χ1v) is 11.8. The number of allylic oxidation sites excluding steroid dienone is 2. The number of aromatic amines is 2. The molecule has 0 bridgehead atoms. The first-order valence-electron chi connectivity index (χ1n) is 11.8. The molecule has 1 unspecified atom stereocenters. The van der Waals surface area contributed by atoms with Crippen LogP contribution in [0.25, 0.3) is 17.5 Å². The van der Waals surface area contributed by atoms with E-state index in [-0.39, 0.29) is 18.4 Å². The molecule has 0 spiro atoms. The van der Waals surface area contributed by atoms with E-state index in [9.17, 15) is 4.79 Å². The molecule has 178 valence electrons. The van der Waals surface area contributed by atoms with Crippen LogP contribution < -0.4 is 4.74 Å². The molecule has 2 N–H and O–H groups in total. The fourth-order valence-corrected chi connectivity index (χ4v) is 4.61. The number of hydrogen-bond acceptors (Lipinski definition) is 4. The number of unbranched alkanes of at least 4 members (excludes halogenated alkanes) is 1. The summed E-state index contributed by atoms with van der Waals surface area (Å²) in [4.78, 5) is 23.2. The predicted octanol–water partition coefficient (Wildman–Crippen LogP) is 6.48. The van der Waals surface area contributed by atoms with Gasteiger partial charge < -0.3 is 19.4 Å². The average molecular weight is 472 g/mol. The van der Waals surface area contributed by atoms with Crippen molar-refractivity contribution in [1.82, 2.24) is 9.97 Å². The van der Waals surface area contributed by atoms with Crippen LogP contribution in [0.15, 0.2) is 46.7 Å². The Balaban J connectivity index is 0.00000306. The molecular weight excluding hydrogens is 438 g/mol. The smallest absolute Gasteiger partial charge is 0.305 e. The van der Waals surface area contributed by atoms with Crippen LogP contribution in [0.4, 0.5) is 0 Å². The third kappa shape index (κ3) is 6.20. The van der Waals surface area contributed by atoms with Crippen LogP contribution in [-0.2, 0) is 9.53 Å². The van der Waals surface area contributed by atoms with Crippen LogP contribution in [-0.4, -0.2) is 34.9 Å². The second kappa shape index (κ2) is 11.9. The van der Waals surface area contributed by atoms with Crippen molar-refractivity contribution in [2.24, 2.45) is 10.9 Å². The zero-order valence-corrected chi connectivity index (χ0v) is 20.3. The first kappa shape index (κ1) is 24.9. The molecule has 6 nitrogen and oxygen atoms in total. The largest absolute Gasteiger partial charge is 0.492 e. The summed E-state index contributed by atoms with van der Waals surface area (Å²) in [6.07, 6.45) is 13.2. The van der Waals surface area contributed by atoms with Crippen molar-refractivity contribution >= 4 is 30.2 Å². The summed E-state index contributed by atoms with van der Waals surface area (Å²) in [5.74, 6) is 1.28. The average Bonchev–Trinajstić information content (AvgIpc) is 3.52. The number of rotatable bonds is 10. The Labute approximate surface area is 202 Å². The van der Waals surface area contributed by atoms with Gasteiger partial charge in [-0.15, -0.1) is 12.4 Å².